The molecule has 0 radical (unpaired) electrons. The Labute approximate surface area is 144 Å². The van der Waals surface area contributed by atoms with Gasteiger partial charge in [-0.05, 0) is 24.7 Å². The first-order valence-corrected chi connectivity index (χ1v) is 8.94. The van der Waals surface area contributed by atoms with Gasteiger partial charge in [0.1, 0.15) is 5.82 Å². The quantitative estimate of drug-likeness (QED) is 0.846. The molecule has 1 saturated carbocycles. The third kappa shape index (κ3) is 4.46. The molecule has 2 atom stereocenters. The topological polar surface area (TPSA) is 67.2 Å². The molecule has 0 aromatic carbocycles. The smallest absolute Gasteiger partial charge is 0.405 e. The Morgan fingerprint density at radius 1 is 1.20 bits per heavy atom. The summed E-state index contributed by atoms with van der Waals surface area (Å²) in [5, 5.41) is 11.5. The van der Waals surface area contributed by atoms with Crippen LogP contribution in [0.5, 0.6) is 0 Å². The molecule has 3 rings (SSSR count). The molecule has 2 heterocycles. The van der Waals surface area contributed by atoms with Gasteiger partial charge in [0.2, 0.25) is 0 Å². The monoisotopic (exact) mass is 359 g/mol. The number of carbonyl (C=O) groups is 1. The van der Waals surface area contributed by atoms with Crippen LogP contribution in [-0.4, -0.2) is 26.9 Å². The van der Waals surface area contributed by atoms with Gasteiger partial charge in [-0.1, -0.05) is 32.1 Å². The molecule has 25 heavy (non-hydrogen) atoms. The number of nitrogens with zero attached hydrogens (tertiary/aromatic N) is 2. The van der Waals surface area contributed by atoms with Crippen LogP contribution in [0.3, 0.4) is 0 Å². The van der Waals surface area contributed by atoms with Gasteiger partial charge in [-0.2, -0.15) is 13.2 Å². The Balaban J connectivity index is 1.88. The Morgan fingerprint density at radius 2 is 1.92 bits per heavy atom. The summed E-state index contributed by atoms with van der Waals surface area (Å²) in [6, 6.07) is -0.548. The number of aromatic nitrogens is 2. The van der Waals surface area contributed by atoms with Gasteiger partial charge in [0.05, 0.1) is 12.5 Å². The average molecular weight is 359 g/mol. The number of rotatable bonds is 3. The van der Waals surface area contributed by atoms with E-state index >= 15 is 0 Å². The van der Waals surface area contributed by atoms with Crippen LogP contribution in [0, 0.1) is 11.8 Å². The van der Waals surface area contributed by atoms with Crippen molar-refractivity contribution in [2.24, 2.45) is 11.8 Å². The van der Waals surface area contributed by atoms with Crippen molar-refractivity contribution < 1.29 is 23.1 Å². The second-order valence-corrected chi connectivity index (χ2v) is 7.25. The third-order valence-corrected chi connectivity index (χ3v) is 5.52. The molecular weight excluding hydrogens is 335 g/mol. The zero-order valence-corrected chi connectivity index (χ0v) is 14.1. The van der Waals surface area contributed by atoms with Crippen LogP contribution in [-0.2, 0) is 13.0 Å². The molecule has 140 valence electrons. The van der Waals surface area contributed by atoms with Crippen LogP contribution in [0.4, 0.5) is 18.0 Å². The van der Waals surface area contributed by atoms with Crippen molar-refractivity contribution in [3.63, 3.8) is 0 Å². The number of alkyl halides is 3. The van der Waals surface area contributed by atoms with Gasteiger partial charge in [0.25, 0.3) is 0 Å². The summed E-state index contributed by atoms with van der Waals surface area (Å²) in [6.07, 6.45) is 1.92. The number of imidazole rings is 1. The van der Waals surface area contributed by atoms with Gasteiger partial charge < -0.3 is 15.0 Å². The van der Waals surface area contributed by atoms with E-state index in [2.05, 4.69) is 10.3 Å². The van der Waals surface area contributed by atoms with E-state index in [-0.39, 0.29) is 11.6 Å². The summed E-state index contributed by atoms with van der Waals surface area (Å²) in [6.45, 7) is 0.503. The van der Waals surface area contributed by atoms with E-state index in [1.54, 1.807) is 4.57 Å². The molecule has 1 amide bonds. The van der Waals surface area contributed by atoms with Gasteiger partial charge >= 0.3 is 12.3 Å². The lowest BCUT2D eigenvalue weighted by Crippen LogP contribution is -2.28. The number of fused-ring (bicyclic) bond motifs is 1. The lowest BCUT2D eigenvalue weighted by atomic mass is 9.78. The van der Waals surface area contributed by atoms with Crippen molar-refractivity contribution in [3.8, 4) is 0 Å². The Morgan fingerprint density at radius 3 is 2.56 bits per heavy atom. The maximum atomic E-state index is 12.9. The highest BCUT2D eigenvalue weighted by atomic mass is 19.4. The number of nitrogens with one attached hydrogen (secondary N) is 1. The fourth-order valence-electron chi connectivity index (χ4n) is 4.37. The molecule has 0 unspecified atom stereocenters. The van der Waals surface area contributed by atoms with Crippen LogP contribution in [0.15, 0.2) is 6.20 Å². The van der Waals surface area contributed by atoms with E-state index < -0.39 is 24.7 Å². The van der Waals surface area contributed by atoms with E-state index in [0.717, 1.165) is 19.3 Å². The van der Waals surface area contributed by atoms with Crippen LogP contribution in [0.2, 0.25) is 0 Å². The summed E-state index contributed by atoms with van der Waals surface area (Å²) in [5.74, 6) is 1.20. The van der Waals surface area contributed by atoms with Crippen LogP contribution in [0.25, 0.3) is 0 Å². The SMILES string of the molecule is O=C(O)N[C@@H]1CC[C@@H](C2CCCCC2)Cn2c(CC(F)(F)F)cnc21. The van der Waals surface area contributed by atoms with Crippen molar-refractivity contribution >= 4 is 6.09 Å². The van der Waals surface area contributed by atoms with Crippen LogP contribution >= 0.6 is 0 Å². The number of hydrogen-bond acceptors (Lipinski definition) is 2. The molecule has 5 nitrogen and oxygen atoms in total. The fourth-order valence-corrected chi connectivity index (χ4v) is 4.37. The average Bonchev–Trinajstić information content (AvgIpc) is 2.81. The molecule has 1 fully saturated rings. The summed E-state index contributed by atoms with van der Waals surface area (Å²) >= 11 is 0. The number of hydrogen-bond donors (Lipinski definition) is 2. The predicted molar refractivity (Wildman–Crippen MR) is 85.2 cm³/mol. The second-order valence-electron chi connectivity index (χ2n) is 7.25. The standard InChI is InChI=1S/C17H24F3N3O2/c18-17(19,20)8-13-9-21-15-14(22-16(24)25)7-6-12(10-23(13)15)11-4-2-1-3-5-11/h9,11-12,14,22H,1-8,10H2,(H,24,25)/t12-,14-/m1/s1. The molecule has 8 heteroatoms. The van der Waals surface area contributed by atoms with Gasteiger partial charge in [-0.15, -0.1) is 0 Å². The molecular formula is C17H24F3N3O2. The van der Waals surface area contributed by atoms with Gasteiger partial charge in [-0.25, -0.2) is 9.78 Å². The Bertz CT molecular complexity index is 609. The van der Waals surface area contributed by atoms with E-state index in [1.807, 2.05) is 0 Å². The lowest BCUT2D eigenvalue weighted by Gasteiger charge is -2.30. The van der Waals surface area contributed by atoms with Crippen LogP contribution in [0.1, 0.15) is 62.5 Å². The Hall–Kier alpha value is -1.73. The first-order chi connectivity index (χ1) is 11.8. The highest BCUT2D eigenvalue weighted by Gasteiger charge is 2.35. The second kappa shape index (κ2) is 7.25. The molecule has 1 aliphatic heterocycles. The van der Waals surface area contributed by atoms with E-state index in [1.165, 1.54) is 25.5 Å². The summed E-state index contributed by atoms with van der Waals surface area (Å²) in [7, 11) is 0. The van der Waals surface area contributed by atoms with Crippen molar-refractivity contribution in [2.75, 3.05) is 0 Å². The summed E-state index contributed by atoms with van der Waals surface area (Å²) in [5.41, 5.74) is 0.127. The molecule has 1 aromatic rings. The molecule has 2 aliphatic rings. The van der Waals surface area contributed by atoms with Crippen molar-refractivity contribution in [1.82, 2.24) is 14.9 Å². The van der Waals surface area contributed by atoms with E-state index in [9.17, 15) is 18.0 Å². The minimum absolute atomic E-state index is 0.127. The van der Waals surface area contributed by atoms with Crippen LogP contribution < -0.4 is 5.32 Å². The first-order valence-electron chi connectivity index (χ1n) is 8.94. The highest BCUT2D eigenvalue weighted by molar-refractivity contribution is 5.65. The number of halogens is 3. The summed E-state index contributed by atoms with van der Waals surface area (Å²) < 4.78 is 40.3. The van der Waals surface area contributed by atoms with Crippen molar-refractivity contribution in [1.29, 1.82) is 0 Å². The molecule has 1 aliphatic carbocycles. The minimum atomic E-state index is -4.31. The minimum Gasteiger partial charge on any atom is -0.465 e. The molecule has 0 spiro atoms. The van der Waals surface area contributed by atoms with Crippen molar-refractivity contribution in [2.45, 2.75) is 70.1 Å². The van der Waals surface area contributed by atoms with Crippen molar-refractivity contribution in [3.05, 3.63) is 17.7 Å². The third-order valence-electron chi connectivity index (χ3n) is 5.52. The summed E-state index contributed by atoms with van der Waals surface area (Å²) in [4.78, 5) is 15.2. The number of amides is 1. The molecule has 1 aromatic heterocycles. The molecule has 0 saturated heterocycles. The maximum Gasteiger partial charge on any atom is 0.405 e. The number of carboxylic acid groups (broad SMARTS) is 1. The van der Waals surface area contributed by atoms with Gasteiger partial charge in [0, 0.05) is 18.4 Å². The van der Waals surface area contributed by atoms with E-state index in [4.69, 9.17) is 5.11 Å². The van der Waals surface area contributed by atoms with Gasteiger partial charge in [0.15, 0.2) is 0 Å². The first kappa shape index (κ1) is 18.1. The van der Waals surface area contributed by atoms with E-state index in [0.29, 0.717) is 24.7 Å². The molecule has 0 bridgehead atoms. The zero-order chi connectivity index (χ0) is 18.0. The normalized spacial score (nSPS) is 25.2. The highest BCUT2D eigenvalue weighted by Crippen LogP contribution is 2.38. The predicted octanol–water partition coefficient (Wildman–Crippen LogP) is 4.29. The molecule has 2 N–H and O–H groups in total. The zero-order valence-electron chi connectivity index (χ0n) is 14.1. The fraction of sp³-hybridized carbons (Fsp3) is 0.765. The maximum absolute atomic E-state index is 12.9. The Kier molecular flexibility index (Phi) is 5.24. The van der Waals surface area contributed by atoms with Gasteiger partial charge in [-0.3, -0.25) is 0 Å². The lowest BCUT2D eigenvalue weighted by molar-refractivity contribution is -0.128. The largest absolute Gasteiger partial charge is 0.465 e.